The lowest BCUT2D eigenvalue weighted by atomic mass is 9.96. The molecule has 1 aliphatic heterocycles. The molecule has 1 fully saturated rings. The molecular formula is C21H23N3O5. The van der Waals surface area contributed by atoms with Crippen molar-refractivity contribution in [1.29, 1.82) is 0 Å². The van der Waals surface area contributed by atoms with Gasteiger partial charge in [0.15, 0.2) is 0 Å². The Kier molecular flexibility index (Phi) is 6.43. The number of carboxylic acid groups (broad SMARTS) is 1. The number of esters is 1. The van der Waals surface area contributed by atoms with Crippen molar-refractivity contribution >= 4 is 18.0 Å². The summed E-state index contributed by atoms with van der Waals surface area (Å²) in [6.45, 7) is 1.05. The molecule has 8 nitrogen and oxygen atoms in total. The topological polar surface area (TPSA) is 109 Å². The Morgan fingerprint density at radius 1 is 1.14 bits per heavy atom. The lowest BCUT2D eigenvalue weighted by Gasteiger charge is -2.29. The van der Waals surface area contributed by atoms with Crippen molar-refractivity contribution in [1.82, 2.24) is 15.2 Å². The highest BCUT2D eigenvalue weighted by atomic mass is 16.5. The summed E-state index contributed by atoms with van der Waals surface area (Å²) < 4.78 is 4.70. The van der Waals surface area contributed by atoms with Gasteiger partial charge in [0.05, 0.1) is 24.9 Å². The van der Waals surface area contributed by atoms with E-state index in [1.807, 2.05) is 24.3 Å². The van der Waals surface area contributed by atoms with Gasteiger partial charge < -0.3 is 20.1 Å². The van der Waals surface area contributed by atoms with Gasteiger partial charge in [-0.15, -0.1) is 0 Å². The Hall–Kier alpha value is -3.42. The second-order valence-corrected chi connectivity index (χ2v) is 6.87. The molecule has 0 aliphatic carbocycles. The molecule has 3 rings (SSSR count). The van der Waals surface area contributed by atoms with E-state index in [1.54, 1.807) is 18.3 Å². The van der Waals surface area contributed by atoms with Gasteiger partial charge in [-0.1, -0.05) is 12.1 Å². The first-order chi connectivity index (χ1) is 14.0. The van der Waals surface area contributed by atoms with E-state index in [0.717, 1.165) is 16.8 Å². The first-order valence-corrected chi connectivity index (χ1v) is 9.37. The Balaban J connectivity index is 1.58. The van der Waals surface area contributed by atoms with Crippen LogP contribution in [0.5, 0.6) is 0 Å². The maximum atomic E-state index is 12.4. The molecule has 29 heavy (non-hydrogen) atoms. The Bertz CT molecular complexity index is 889. The van der Waals surface area contributed by atoms with E-state index >= 15 is 0 Å². The van der Waals surface area contributed by atoms with Gasteiger partial charge in [0.1, 0.15) is 0 Å². The van der Waals surface area contributed by atoms with Crippen molar-refractivity contribution in [3.05, 3.63) is 53.9 Å². The SMILES string of the molecule is COC(=O)c1ccc(-c2ccnc(CNC(=O)C3CCN(C(=O)O)CC3)c2)cc1. The van der Waals surface area contributed by atoms with Gasteiger partial charge in [-0.2, -0.15) is 0 Å². The second kappa shape index (κ2) is 9.18. The summed E-state index contributed by atoms with van der Waals surface area (Å²) >= 11 is 0. The van der Waals surface area contributed by atoms with E-state index in [1.165, 1.54) is 12.0 Å². The molecule has 0 bridgehead atoms. The molecule has 0 atom stereocenters. The number of ether oxygens (including phenoxy) is 1. The second-order valence-electron chi connectivity index (χ2n) is 6.87. The number of carbonyl (C=O) groups excluding carboxylic acids is 2. The summed E-state index contributed by atoms with van der Waals surface area (Å²) in [6.07, 6.45) is 1.79. The minimum atomic E-state index is -0.940. The van der Waals surface area contributed by atoms with E-state index in [2.05, 4.69) is 10.3 Å². The van der Waals surface area contributed by atoms with E-state index in [4.69, 9.17) is 9.84 Å². The number of benzene rings is 1. The number of pyridine rings is 1. The van der Waals surface area contributed by atoms with Gasteiger partial charge in [-0.05, 0) is 48.2 Å². The molecule has 1 saturated heterocycles. The van der Waals surface area contributed by atoms with Gasteiger partial charge in [-0.25, -0.2) is 9.59 Å². The number of likely N-dealkylation sites (tertiary alicyclic amines) is 1. The van der Waals surface area contributed by atoms with Crippen LogP contribution in [0.15, 0.2) is 42.6 Å². The minimum absolute atomic E-state index is 0.0790. The molecule has 1 aromatic heterocycles. The fourth-order valence-corrected chi connectivity index (χ4v) is 3.33. The summed E-state index contributed by atoms with van der Waals surface area (Å²) in [5.41, 5.74) is 3.05. The maximum absolute atomic E-state index is 12.4. The average molecular weight is 397 g/mol. The Labute approximate surface area is 168 Å². The van der Waals surface area contributed by atoms with Crippen molar-refractivity contribution in [3.63, 3.8) is 0 Å². The van der Waals surface area contributed by atoms with E-state index in [9.17, 15) is 14.4 Å². The third-order valence-corrected chi connectivity index (χ3v) is 5.04. The molecule has 1 aromatic carbocycles. The predicted molar refractivity (Wildman–Crippen MR) is 105 cm³/mol. The molecule has 152 valence electrons. The molecule has 0 unspecified atom stereocenters. The van der Waals surface area contributed by atoms with Gasteiger partial charge in [0, 0.05) is 25.2 Å². The number of rotatable bonds is 5. The van der Waals surface area contributed by atoms with Crippen LogP contribution in [0, 0.1) is 5.92 Å². The summed E-state index contributed by atoms with van der Waals surface area (Å²) in [6, 6.07) is 10.8. The standard InChI is InChI=1S/C21H23N3O5/c1-29-20(26)16-4-2-14(3-5-16)17-6-9-22-18(12-17)13-23-19(25)15-7-10-24(11-8-15)21(27)28/h2-6,9,12,15H,7-8,10-11,13H2,1H3,(H,23,25)(H,27,28). The largest absolute Gasteiger partial charge is 0.465 e. The third-order valence-electron chi connectivity index (χ3n) is 5.04. The number of nitrogens with one attached hydrogen (secondary N) is 1. The minimum Gasteiger partial charge on any atom is -0.465 e. The lowest BCUT2D eigenvalue weighted by Crippen LogP contribution is -2.42. The molecule has 0 radical (unpaired) electrons. The molecule has 1 aliphatic rings. The fourth-order valence-electron chi connectivity index (χ4n) is 3.33. The number of amides is 2. The van der Waals surface area contributed by atoms with E-state index in [-0.39, 0.29) is 17.8 Å². The van der Waals surface area contributed by atoms with Gasteiger partial charge in [-0.3, -0.25) is 9.78 Å². The summed E-state index contributed by atoms with van der Waals surface area (Å²) in [5.74, 6) is -0.645. The van der Waals surface area contributed by atoms with E-state index in [0.29, 0.717) is 38.0 Å². The predicted octanol–water partition coefficient (Wildman–Crippen LogP) is 2.54. The first kappa shape index (κ1) is 20.3. The number of carbonyl (C=O) groups is 3. The molecule has 0 saturated carbocycles. The normalized spacial score (nSPS) is 14.3. The highest BCUT2D eigenvalue weighted by Gasteiger charge is 2.26. The summed E-state index contributed by atoms with van der Waals surface area (Å²) in [5, 5.41) is 11.9. The third kappa shape index (κ3) is 5.10. The molecule has 2 amide bonds. The molecular weight excluding hydrogens is 374 g/mol. The molecule has 2 aromatic rings. The maximum Gasteiger partial charge on any atom is 0.407 e. The zero-order chi connectivity index (χ0) is 20.8. The quantitative estimate of drug-likeness (QED) is 0.751. The average Bonchev–Trinajstić information content (AvgIpc) is 2.77. The van der Waals surface area contributed by atoms with Crippen LogP contribution in [-0.4, -0.2) is 53.2 Å². The zero-order valence-electron chi connectivity index (χ0n) is 16.1. The highest BCUT2D eigenvalue weighted by molar-refractivity contribution is 5.90. The Morgan fingerprint density at radius 2 is 1.83 bits per heavy atom. The molecule has 0 spiro atoms. The van der Waals surface area contributed by atoms with Gasteiger partial charge in [0.2, 0.25) is 5.91 Å². The van der Waals surface area contributed by atoms with Crippen LogP contribution in [0.2, 0.25) is 0 Å². The molecule has 2 N–H and O–H groups in total. The smallest absolute Gasteiger partial charge is 0.407 e. The fraction of sp³-hybridized carbons (Fsp3) is 0.333. The Morgan fingerprint density at radius 3 is 2.45 bits per heavy atom. The van der Waals surface area contributed by atoms with Gasteiger partial charge in [0.25, 0.3) is 0 Å². The molecule has 8 heteroatoms. The van der Waals surface area contributed by atoms with Crippen molar-refractivity contribution in [2.24, 2.45) is 5.92 Å². The molecule has 2 heterocycles. The van der Waals surface area contributed by atoms with Crippen LogP contribution in [0.1, 0.15) is 28.9 Å². The van der Waals surface area contributed by atoms with Crippen LogP contribution in [-0.2, 0) is 16.1 Å². The lowest BCUT2D eigenvalue weighted by molar-refractivity contribution is -0.126. The van der Waals surface area contributed by atoms with Crippen molar-refractivity contribution < 1.29 is 24.2 Å². The monoisotopic (exact) mass is 397 g/mol. The van der Waals surface area contributed by atoms with Crippen molar-refractivity contribution in [2.45, 2.75) is 19.4 Å². The zero-order valence-corrected chi connectivity index (χ0v) is 16.1. The van der Waals surface area contributed by atoms with Crippen LogP contribution in [0.4, 0.5) is 4.79 Å². The van der Waals surface area contributed by atoms with Crippen LogP contribution in [0.3, 0.4) is 0 Å². The van der Waals surface area contributed by atoms with Gasteiger partial charge >= 0.3 is 12.1 Å². The van der Waals surface area contributed by atoms with Crippen molar-refractivity contribution in [3.8, 4) is 11.1 Å². The van der Waals surface area contributed by atoms with Crippen LogP contribution < -0.4 is 5.32 Å². The first-order valence-electron chi connectivity index (χ1n) is 9.37. The number of piperidine rings is 1. The number of nitrogens with zero attached hydrogens (tertiary/aromatic N) is 2. The summed E-state index contributed by atoms with van der Waals surface area (Å²) in [7, 11) is 1.34. The number of hydrogen-bond donors (Lipinski definition) is 2. The number of hydrogen-bond acceptors (Lipinski definition) is 5. The van der Waals surface area contributed by atoms with Crippen molar-refractivity contribution in [2.75, 3.05) is 20.2 Å². The number of aromatic nitrogens is 1. The van der Waals surface area contributed by atoms with Crippen LogP contribution in [0.25, 0.3) is 11.1 Å². The van der Waals surface area contributed by atoms with E-state index < -0.39 is 6.09 Å². The number of methoxy groups -OCH3 is 1. The summed E-state index contributed by atoms with van der Waals surface area (Å²) in [4.78, 5) is 40.5. The van der Waals surface area contributed by atoms with Crippen LogP contribution >= 0.6 is 0 Å². The highest BCUT2D eigenvalue weighted by Crippen LogP contribution is 2.21.